The minimum atomic E-state index is -0.392. The number of ether oxygens (including phenoxy) is 2. The van der Waals surface area contributed by atoms with Crippen LogP contribution in [0.2, 0.25) is 0 Å². The molecule has 2 aliphatic heterocycles. The van der Waals surface area contributed by atoms with Gasteiger partial charge in [-0.2, -0.15) is 9.97 Å². The fourth-order valence-electron chi connectivity index (χ4n) is 4.65. The SMILES string of the molecule is C/C=C/C1=CN=C(Nc2cc(NCCCN3CCOCC3)nc(Oc3ccc4c(c3F)C=C(C)C4)n2)C1. The number of benzene rings is 1. The molecule has 8 nitrogen and oxygen atoms in total. The van der Waals surface area contributed by atoms with Crippen molar-refractivity contribution in [1.29, 1.82) is 0 Å². The zero-order valence-electron chi connectivity index (χ0n) is 21.4. The van der Waals surface area contributed by atoms with Crippen LogP contribution in [0.4, 0.5) is 16.0 Å². The van der Waals surface area contributed by atoms with Crippen LogP contribution in [0.25, 0.3) is 6.08 Å². The Morgan fingerprint density at radius 3 is 2.84 bits per heavy atom. The van der Waals surface area contributed by atoms with Crippen LogP contribution in [0.5, 0.6) is 11.8 Å². The molecule has 9 heteroatoms. The third kappa shape index (κ3) is 6.42. The number of amidine groups is 1. The third-order valence-electron chi connectivity index (χ3n) is 6.47. The molecule has 2 N–H and O–H groups in total. The van der Waals surface area contributed by atoms with Crippen LogP contribution in [-0.2, 0) is 11.2 Å². The zero-order chi connectivity index (χ0) is 25.6. The fraction of sp³-hybridized carbons (Fsp3) is 0.393. The van der Waals surface area contributed by atoms with Gasteiger partial charge in [-0.05, 0) is 50.4 Å². The Balaban J connectivity index is 1.30. The van der Waals surface area contributed by atoms with Crippen LogP contribution < -0.4 is 15.4 Å². The Bertz CT molecular complexity index is 1260. The Morgan fingerprint density at radius 1 is 1.16 bits per heavy atom. The Labute approximate surface area is 217 Å². The standard InChI is InChI=1S/C28H33FN6O2/c1-3-5-20-16-24(31-18-20)32-26-17-25(30-8-4-9-35-10-12-36-13-11-35)33-28(34-26)37-23-7-6-21-14-19(2)15-22(21)27(23)29/h3,5-7,15,17-18H,4,8-14,16H2,1-2H3,(H2,30,31,32,33,34)/b5-3+. The number of nitrogens with one attached hydrogen (secondary N) is 2. The lowest BCUT2D eigenvalue weighted by molar-refractivity contribution is 0.0378. The number of fused-ring (bicyclic) bond motifs is 1. The average molecular weight is 505 g/mol. The molecular formula is C28H33FN6O2. The first kappa shape index (κ1) is 25.1. The maximum Gasteiger partial charge on any atom is 0.326 e. The van der Waals surface area contributed by atoms with Crippen molar-refractivity contribution in [3.05, 3.63) is 64.6 Å². The number of aromatic nitrogens is 2. The molecule has 0 unspecified atom stereocenters. The van der Waals surface area contributed by atoms with Gasteiger partial charge in [-0.25, -0.2) is 9.38 Å². The van der Waals surface area contributed by atoms with Gasteiger partial charge in [0.15, 0.2) is 11.6 Å². The van der Waals surface area contributed by atoms with E-state index in [0.29, 0.717) is 23.6 Å². The van der Waals surface area contributed by atoms with Crippen LogP contribution >= 0.6 is 0 Å². The summed E-state index contributed by atoms with van der Waals surface area (Å²) >= 11 is 0. The molecule has 194 valence electrons. The van der Waals surface area contributed by atoms with E-state index >= 15 is 4.39 Å². The van der Waals surface area contributed by atoms with Crippen molar-refractivity contribution < 1.29 is 13.9 Å². The molecule has 3 heterocycles. The second kappa shape index (κ2) is 11.7. The van der Waals surface area contributed by atoms with Crippen LogP contribution in [0.15, 0.2) is 52.7 Å². The number of allylic oxidation sites excluding steroid dienone is 3. The van der Waals surface area contributed by atoms with E-state index in [1.807, 2.05) is 50.4 Å². The van der Waals surface area contributed by atoms with Gasteiger partial charge in [-0.1, -0.05) is 29.9 Å². The molecule has 5 rings (SSSR count). The van der Waals surface area contributed by atoms with Crippen LogP contribution in [0, 0.1) is 5.82 Å². The lowest BCUT2D eigenvalue weighted by Crippen LogP contribution is -2.37. The molecule has 0 saturated carbocycles. The number of anilines is 2. The van der Waals surface area contributed by atoms with Gasteiger partial charge in [0.05, 0.1) is 13.2 Å². The largest absolute Gasteiger partial charge is 0.421 e. The van der Waals surface area contributed by atoms with E-state index < -0.39 is 5.82 Å². The summed E-state index contributed by atoms with van der Waals surface area (Å²) in [6.07, 6.45) is 10.1. The number of hydrogen-bond donors (Lipinski definition) is 2. The number of morpholine rings is 1. The van der Waals surface area contributed by atoms with E-state index in [9.17, 15) is 0 Å². The van der Waals surface area contributed by atoms with Crippen molar-refractivity contribution in [3.63, 3.8) is 0 Å². The maximum absolute atomic E-state index is 15.2. The highest BCUT2D eigenvalue weighted by Crippen LogP contribution is 2.34. The Hall–Kier alpha value is -3.56. The van der Waals surface area contributed by atoms with Gasteiger partial charge in [-0.3, -0.25) is 4.90 Å². The predicted octanol–water partition coefficient (Wildman–Crippen LogP) is 5.18. The summed E-state index contributed by atoms with van der Waals surface area (Å²) in [5, 5.41) is 6.64. The molecule has 0 bridgehead atoms. The summed E-state index contributed by atoms with van der Waals surface area (Å²) in [5.41, 5.74) is 3.78. The molecule has 0 amide bonds. The molecule has 1 aromatic heterocycles. The highest BCUT2D eigenvalue weighted by molar-refractivity contribution is 5.98. The molecule has 1 aliphatic carbocycles. The van der Waals surface area contributed by atoms with Crippen molar-refractivity contribution in [2.75, 3.05) is 50.0 Å². The molecule has 3 aliphatic rings. The lowest BCUT2D eigenvalue weighted by Gasteiger charge is -2.26. The minimum Gasteiger partial charge on any atom is -0.421 e. The first-order valence-electron chi connectivity index (χ1n) is 12.8. The minimum absolute atomic E-state index is 0.0680. The maximum atomic E-state index is 15.2. The van der Waals surface area contributed by atoms with Gasteiger partial charge in [-0.15, -0.1) is 0 Å². The quantitative estimate of drug-likeness (QED) is 0.456. The van der Waals surface area contributed by atoms with Crippen molar-refractivity contribution >= 4 is 23.5 Å². The van der Waals surface area contributed by atoms with Gasteiger partial charge in [0.1, 0.15) is 17.5 Å². The second-order valence-electron chi connectivity index (χ2n) is 9.46. The zero-order valence-corrected chi connectivity index (χ0v) is 21.4. The van der Waals surface area contributed by atoms with Gasteiger partial charge in [0.2, 0.25) is 0 Å². The highest BCUT2D eigenvalue weighted by Gasteiger charge is 2.20. The van der Waals surface area contributed by atoms with Gasteiger partial charge in [0.25, 0.3) is 0 Å². The molecule has 37 heavy (non-hydrogen) atoms. The van der Waals surface area contributed by atoms with Crippen molar-refractivity contribution in [3.8, 4) is 11.8 Å². The fourth-order valence-corrected chi connectivity index (χ4v) is 4.65. The van der Waals surface area contributed by atoms with Crippen LogP contribution in [-0.4, -0.2) is 60.1 Å². The summed E-state index contributed by atoms with van der Waals surface area (Å²) in [5.74, 6) is 1.63. The smallest absolute Gasteiger partial charge is 0.326 e. The number of halogens is 1. The summed E-state index contributed by atoms with van der Waals surface area (Å²) in [4.78, 5) is 15.9. The van der Waals surface area contributed by atoms with E-state index in [-0.39, 0.29) is 11.8 Å². The van der Waals surface area contributed by atoms with E-state index in [4.69, 9.17) is 9.47 Å². The molecule has 0 radical (unpaired) electrons. The number of nitrogens with zero attached hydrogens (tertiary/aromatic N) is 4. The number of hydrogen-bond acceptors (Lipinski definition) is 8. The average Bonchev–Trinajstić information content (AvgIpc) is 3.50. The highest BCUT2D eigenvalue weighted by atomic mass is 19.1. The molecule has 0 spiro atoms. The van der Waals surface area contributed by atoms with E-state index in [1.54, 1.807) is 6.07 Å². The van der Waals surface area contributed by atoms with Crippen molar-refractivity contribution in [1.82, 2.24) is 14.9 Å². The summed E-state index contributed by atoms with van der Waals surface area (Å²) in [6, 6.07) is 5.44. The van der Waals surface area contributed by atoms with Crippen molar-refractivity contribution in [2.24, 2.45) is 4.99 Å². The lowest BCUT2D eigenvalue weighted by atomic mass is 10.1. The normalized spacial score (nSPS) is 17.4. The number of rotatable bonds is 9. The molecule has 1 fully saturated rings. The monoisotopic (exact) mass is 504 g/mol. The van der Waals surface area contributed by atoms with Crippen LogP contribution in [0.3, 0.4) is 0 Å². The summed E-state index contributed by atoms with van der Waals surface area (Å²) in [7, 11) is 0. The topological polar surface area (TPSA) is 83.9 Å². The first-order chi connectivity index (χ1) is 18.1. The summed E-state index contributed by atoms with van der Waals surface area (Å²) < 4.78 is 26.5. The second-order valence-corrected chi connectivity index (χ2v) is 9.46. The predicted molar refractivity (Wildman–Crippen MR) is 145 cm³/mol. The van der Waals surface area contributed by atoms with Crippen molar-refractivity contribution in [2.45, 2.75) is 33.1 Å². The van der Waals surface area contributed by atoms with Gasteiger partial charge >= 0.3 is 6.01 Å². The molecule has 1 aromatic carbocycles. The van der Waals surface area contributed by atoms with Crippen LogP contribution in [0.1, 0.15) is 37.8 Å². The summed E-state index contributed by atoms with van der Waals surface area (Å²) in [6.45, 7) is 9.20. The Morgan fingerprint density at radius 2 is 2.00 bits per heavy atom. The van der Waals surface area contributed by atoms with Gasteiger partial charge in [0, 0.05) is 43.9 Å². The van der Waals surface area contributed by atoms with E-state index in [0.717, 1.165) is 74.8 Å². The Kier molecular flexibility index (Phi) is 7.91. The van der Waals surface area contributed by atoms with Gasteiger partial charge < -0.3 is 20.1 Å². The van der Waals surface area contributed by atoms with E-state index in [2.05, 4.69) is 30.5 Å². The first-order valence-corrected chi connectivity index (χ1v) is 12.8. The molecular weight excluding hydrogens is 471 g/mol. The molecule has 2 aromatic rings. The third-order valence-corrected chi connectivity index (χ3v) is 6.47. The van der Waals surface area contributed by atoms with E-state index in [1.165, 1.54) is 0 Å². The number of aliphatic imine (C=N–C) groups is 1. The molecule has 1 saturated heterocycles. The molecule has 0 atom stereocenters.